The van der Waals surface area contributed by atoms with Crippen LogP contribution in [-0.2, 0) is 57.0 Å². The molecule has 0 aliphatic carbocycles. The van der Waals surface area contributed by atoms with Gasteiger partial charge in [0.1, 0.15) is 13.2 Å². The van der Waals surface area contributed by atoms with E-state index in [1.54, 1.807) is 13.8 Å². The van der Waals surface area contributed by atoms with E-state index >= 15 is 0 Å². The van der Waals surface area contributed by atoms with E-state index in [2.05, 4.69) is 20.8 Å². The van der Waals surface area contributed by atoms with E-state index in [9.17, 15) is 14.4 Å². The van der Waals surface area contributed by atoms with Crippen LogP contribution in [0, 0.1) is 11.8 Å². The molecule has 0 saturated carbocycles. The highest BCUT2D eigenvalue weighted by molar-refractivity contribution is 5.74. The number of epoxide rings is 6. The molecule has 6 rings (SSSR count). The Labute approximate surface area is 303 Å². The van der Waals surface area contributed by atoms with Crippen molar-refractivity contribution in [2.75, 3.05) is 13.2 Å². The van der Waals surface area contributed by atoms with Crippen molar-refractivity contribution in [3.8, 4) is 0 Å². The Morgan fingerprint density at radius 2 is 0.843 bits per heavy atom. The number of ether oxygens (including phenoxy) is 9. The van der Waals surface area contributed by atoms with E-state index in [0.717, 1.165) is 77.0 Å². The molecule has 290 valence electrons. The van der Waals surface area contributed by atoms with E-state index in [-0.39, 0.29) is 56.3 Å². The SMILES string of the molecule is CCCC1OC1CCC1OC1CCC(=O)OCC(COC(=O)C(C)C1OC1CCC1OC1CCC)OC(=O)C(C)C1OC1CCC1OC1CCC. The molecule has 12 heteroatoms. The van der Waals surface area contributed by atoms with Gasteiger partial charge in [0.25, 0.3) is 0 Å². The standard InChI is InChI=1S/C39H62O12/c1-6-9-25-28(46-25)12-13-31-32(49-31)18-19-35(40)43-20-24(45-39(42)23(5)37-34(51-37)17-15-30-27(48-30)11-8-3)21-44-38(41)22(4)36-33(50-36)16-14-29-26(47-29)10-7-2/h22-34,36-37H,6-21H2,1-5H3. The van der Waals surface area contributed by atoms with E-state index in [1.807, 2.05) is 0 Å². The average molecular weight is 723 g/mol. The summed E-state index contributed by atoms with van der Waals surface area (Å²) < 4.78 is 51.5. The van der Waals surface area contributed by atoms with Crippen LogP contribution in [0.3, 0.4) is 0 Å². The first-order valence-corrected chi connectivity index (χ1v) is 20.1. The molecule has 51 heavy (non-hydrogen) atoms. The summed E-state index contributed by atoms with van der Waals surface area (Å²) in [5.41, 5.74) is 0. The van der Waals surface area contributed by atoms with Crippen molar-refractivity contribution in [2.45, 2.75) is 204 Å². The number of esters is 3. The molecule has 6 saturated heterocycles. The van der Waals surface area contributed by atoms with Crippen molar-refractivity contribution in [3.05, 3.63) is 0 Å². The van der Waals surface area contributed by atoms with Gasteiger partial charge in [0, 0.05) is 6.42 Å². The summed E-state index contributed by atoms with van der Waals surface area (Å²) in [7, 11) is 0. The minimum atomic E-state index is -0.940. The second-order valence-corrected chi connectivity index (χ2v) is 15.7. The van der Waals surface area contributed by atoms with Gasteiger partial charge >= 0.3 is 17.9 Å². The quantitative estimate of drug-likeness (QED) is 0.0607. The van der Waals surface area contributed by atoms with E-state index in [4.69, 9.17) is 42.6 Å². The fourth-order valence-corrected chi connectivity index (χ4v) is 7.73. The van der Waals surface area contributed by atoms with Gasteiger partial charge in [-0.15, -0.1) is 0 Å². The van der Waals surface area contributed by atoms with Crippen molar-refractivity contribution in [3.63, 3.8) is 0 Å². The van der Waals surface area contributed by atoms with Crippen molar-refractivity contribution in [1.29, 1.82) is 0 Å². The third kappa shape index (κ3) is 11.8. The second kappa shape index (κ2) is 18.0. The number of carbonyl (C=O) groups is 3. The Balaban J connectivity index is 0.905. The first-order valence-electron chi connectivity index (χ1n) is 20.1. The predicted molar refractivity (Wildman–Crippen MR) is 184 cm³/mol. The van der Waals surface area contributed by atoms with Crippen LogP contribution < -0.4 is 0 Å². The molecule has 6 aliphatic heterocycles. The lowest BCUT2D eigenvalue weighted by atomic mass is 10.0. The molecule has 0 bridgehead atoms. The fourth-order valence-electron chi connectivity index (χ4n) is 7.73. The Bertz CT molecular complexity index is 1170. The zero-order chi connectivity index (χ0) is 36.1. The summed E-state index contributed by atoms with van der Waals surface area (Å²) in [6.45, 7) is 9.62. The Morgan fingerprint density at radius 3 is 1.29 bits per heavy atom. The maximum Gasteiger partial charge on any atom is 0.311 e. The van der Waals surface area contributed by atoms with Crippen molar-refractivity contribution >= 4 is 17.9 Å². The molecular weight excluding hydrogens is 660 g/mol. The van der Waals surface area contributed by atoms with E-state index < -0.39 is 35.8 Å². The highest BCUT2D eigenvalue weighted by atomic mass is 16.6. The van der Waals surface area contributed by atoms with Gasteiger partial charge in [-0.3, -0.25) is 14.4 Å². The molecule has 0 amide bonds. The molecule has 0 aromatic rings. The third-order valence-corrected chi connectivity index (χ3v) is 11.4. The van der Waals surface area contributed by atoms with Crippen molar-refractivity contribution in [2.24, 2.45) is 11.8 Å². The van der Waals surface area contributed by atoms with Gasteiger partial charge in [-0.1, -0.05) is 40.0 Å². The molecule has 0 aromatic heterocycles. The van der Waals surface area contributed by atoms with Crippen LogP contribution >= 0.6 is 0 Å². The molecule has 0 N–H and O–H groups in total. The van der Waals surface area contributed by atoms with Crippen LogP contribution in [0.2, 0.25) is 0 Å². The third-order valence-electron chi connectivity index (χ3n) is 11.4. The molecule has 6 aliphatic rings. The van der Waals surface area contributed by atoms with Gasteiger partial charge in [-0.2, -0.15) is 0 Å². The summed E-state index contributed by atoms with van der Waals surface area (Å²) in [6.07, 6.45) is 13.7. The smallest absolute Gasteiger partial charge is 0.311 e. The topological polar surface area (TPSA) is 154 Å². The Kier molecular flexibility index (Phi) is 13.7. The lowest BCUT2D eigenvalue weighted by Gasteiger charge is -2.20. The fraction of sp³-hybridized carbons (Fsp3) is 0.923. The van der Waals surface area contributed by atoms with E-state index in [0.29, 0.717) is 43.0 Å². The van der Waals surface area contributed by atoms with Crippen LogP contribution in [0.5, 0.6) is 0 Å². The van der Waals surface area contributed by atoms with E-state index in [1.165, 1.54) is 0 Å². The van der Waals surface area contributed by atoms with Gasteiger partial charge in [0.15, 0.2) is 6.10 Å². The minimum absolute atomic E-state index is 0.00693. The maximum atomic E-state index is 13.2. The van der Waals surface area contributed by atoms with Crippen LogP contribution in [0.25, 0.3) is 0 Å². The molecule has 6 fully saturated rings. The molecule has 0 aromatic carbocycles. The second-order valence-electron chi connectivity index (χ2n) is 15.7. The largest absolute Gasteiger partial charge is 0.462 e. The normalized spacial score (nSPS) is 37.1. The van der Waals surface area contributed by atoms with Crippen molar-refractivity contribution in [1.82, 2.24) is 0 Å². The molecule has 12 nitrogen and oxygen atoms in total. The first-order chi connectivity index (χ1) is 24.7. The van der Waals surface area contributed by atoms with Gasteiger partial charge in [0.05, 0.1) is 85.1 Å². The summed E-state index contributed by atoms with van der Waals surface area (Å²) in [4.78, 5) is 38.9. The average Bonchev–Trinajstić information content (AvgIpc) is 3.89. The minimum Gasteiger partial charge on any atom is -0.462 e. The Morgan fingerprint density at radius 1 is 0.471 bits per heavy atom. The lowest BCUT2D eigenvalue weighted by molar-refractivity contribution is -0.171. The molecule has 0 radical (unpaired) electrons. The molecule has 6 heterocycles. The summed E-state index contributed by atoms with van der Waals surface area (Å²) in [5, 5.41) is 0. The summed E-state index contributed by atoms with van der Waals surface area (Å²) in [6, 6.07) is 0. The van der Waals surface area contributed by atoms with Gasteiger partial charge in [-0.05, 0) is 78.1 Å². The molecular formula is C39H62O12. The molecule has 15 atom stereocenters. The predicted octanol–water partition coefficient (Wildman–Crippen LogP) is 5.38. The summed E-state index contributed by atoms with van der Waals surface area (Å²) in [5.74, 6) is -2.29. The highest BCUT2D eigenvalue weighted by Crippen LogP contribution is 2.40. The number of hydrogen-bond acceptors (Lipinski definition) is 12. The molecule has 15 unspecified atom stereocenters. The highest BCUT2D eigenvalue weighted by Gasteiger charge is 2.50. The van der Waals surface area contributed by atoms with Gasteiger partial charge in [-0.25, -0.2) is 0 Å². The van der Waals surface area contributed by atoms with Crippen LogP contribution in [0.1, 0.15) is 125 Å². The number of carbonyl (C=O) groups excluding carboxylic acids is 3. The zero-order valence-corrected chi connectivity index (χ0v) is 31.4. The molecule has 0 spiro atoms. The van der Waals surface area contributed by atoms with Crippen LogP contribution in [0.15, 0.2) is 0 Å². The van der Waals surface area contributed by atoms with Gasteiger partial charge in [0.2, 0.25) is 0 Å². The number of hydrogen-bond donors (Lipinski definition) is 0. The monoisotopic (exact) mass is 722 g/mol. The van der Waals surface area contributed by atoms with Crippen LogP contribution in [0.4, 0.5) is 0 Å². The Hall–Kier alpha value is -1.83. The number of rotatable bonds is 27. The maximum absolute atomic E-state index is 13.2. The van der Waals surface area contributed by atoms with Crippen LogP contribution in [-0.4, -0.2) is 110 Å². The van der Waals surface area contributed by atoms with Crippen molar-refractivity contribution < 1.29 is 57.0 Å². The summed E-state index contributed by atoms with van der Waals surface area (Å²) >= 11 is 0. The van der Waals surface area contributed by atoms with Gasteiger partial charge < -0.3 is 42.6 Å². The lowest BCUT2D eigenvalue weighted by Crippen LogP contribution is -2.35. The zero-order valence-electron chi connectivity index (χ0n) is 31.4. The first kappa shape index (κ1) is 38.9.